The molecule has 4 rings (SSSR count). The van der Waals surface area contributed by atoms with E-state index in [4.69, 9.17) is 0 Å². The zero-order chi connectivity index (χ0) is 26.5. The summed E-state index contributed by atoms with van der Waals surface area (Å²) in [6.07, 6.45) is 2.53. The Morgan fingerprint density at radius 2 is 1.76 bits per heavy atom. The lowest BCUT2D eigenvalue weighted by Crippen LogP contribution is -2.28. The van der Waals surface area contributed by atoms with Gasteiger partial charge in [0.15, 0.2) is 5.75 Å². The van der Waals surface area contributed by atoms with E-state index in [-0.39, 0.29) is 22.2 Å². The zero-order valence-corrected chi connectivity index (χ0v) is 22.4. The van der Waals surface area contributed by atoms with E-state index in [0.717, 1.165) is 40.2 Å². The van der Waals surface area contributed by atoms with Crippen molar-refractivity contribution in [2.24, 2.45) is 0 Å². The lowest BCUT2D eigenvalue weighted by Gasteiger charge is -2.32. The van der Waals surface area contributed by atoms with Crippen molar-refractivity contribution in [1.29, 1.82) is 0 Å². The van der Waals surface area contributed by atoms with Crippen molar-refractivity contribution in [2.75, 3.05) is 4.90 Å². The van der Waals surface area contributed by atoms with E-state index < -0.39 is 5.95 Å². The molecule has 0 radical (unpaired) electrons. The number of unbranched alkanes of at least 4 members (excludes halogenated alkanes) is 1. The van der Waals surface area contributed by atoms with Gasteiger partial charge in [-0.2, -0.15) is 4.39 Å². The van der Waals surface area contributed by atoms with Crippen LogP contribution in [0.3, 0.4) is 0 Å². The largest absolute Gasteiger partial charge is 0.504 e. The van der Waals surface area contributed by atoms with Gasteiger partial charge in [0, 0.05) is 33.6 Å². The number of para-hydroxylation sites is 1. The molecule has 192 valence electrons. The van der Waals surface area contributed by atoms with Gasteiger partial charge in [0.1, 0.15) is 10.6 Å². The Labute approximate surface area is 221 Å². The third kappa shape index (κ3) is 5.88. The molecule has 5 nitrogen and oxygen atoms in total. The predicted molar refractivity (Wildman–Crippen MR) is 150 cm³/mol. The summed E-state index contributed by atoms with van der Waals surface area (Å²) in [6, 6.07) is 20.6. The molecule has 7 heteroatoms. The number of nitrogens with one attached hydrogen (secondary N) is 1. The molecule has 2 N–H and O–H groups in total. The lowest BCUT2D eigenvalue weighted by atomic mass is 10.1. The van der Waals surface area contributed by atoms with E-state index in [1.165, 1.54) is 17.8 Å². The first kappa shape index (κ1) is 26.5. The number of anilines is 2. The number of hydrogen-bond donors (Lipinski definition) is 2. The normalized spacial score (nSPS) is 11.2. The quantitative estimate of drug-likeness (QED) is 0.223. The van der Waals surface area contributed by atoms with Crippen LogP contribution in [-0.4, -0.2) is 21.1 Å². The van der Waals surface area contributed by atoms with E-state index in [2.05, 4.69) is 35.6 Å². The minimum absolute atomic E-state index is 0.0138. The minimum Gasteiger partial charge on any atom is -0.504 e. The Hall–Kier alpha value is -3.58. The number of hydrogen-bond acceptors (Lipinski definition) is 5. The van der Waals surface area contributed by atoms with Gasteiger partial charge in [-0.15, -0.1) is 0 Å². The summed E-state index contributed by atoms with van der Waals surface area (Å²) in [5, 5.41) is 11.6. The molecule has 2 aromatic carbocycles. The maximum absolute atomic E-state index is 13.4. The summed E-state index contributed by atoms with van der Waals surface area (Å²) in [4.78, 5) is 23.3. The molecule has 2 aromatic heterocycles. The van der Waals surface area contributed by atoms with Crippen LogP contribution in [-0.2, 0) is 6.42 Å². The summed E-state index contributed by atoms with van der Waals surface area (Å²) in [5.41, 5.74) is 4.37. The van der Waals surface area contributed by atoms with E-state index in [0.29, 0.717) is 17.8 Å². The van der Waals surface area contributed by atoms with Crippen LogP contribution in [0, 0.1) is 12.9 Å². The third-order valence-corrected chi connectivity index (χ3v) is 7.30. The van der Waals surface area contributed by atoms with Crippen molar-refractivity contribution in [3.8, 4) is 16.9 Å². The van der Waals surface area contributed by atoms with Crippen molar-refractivity contribution < 1.29 is 9.50 Å². The van der Waals surface area contributed by atoms with Crippen molar-refractivity contribution in [2.45, 2.75) is 62.8 Å². The molecule has 0 atom stereocenters. The van der Waals surface area contributed by atoms with Gasteiger partial charge in [-0.05, 0) is 75.6 Å². The van der Waals surface area contributed by atoms with Gasteiger partial charge in [0.2, 0.25) is 5.95 Å². The SMILES string of the molecule is CCCCc1[nH]c(=O)c(Sc2ccc(-c3ccc(F)nc3C)cc2)c(O)c1N(c1ccccc1)C(C)C. The van der Waals surface area contributed by atoms with Crippen molar-refractivity contribution in [1.82, 2.24) is 9.97 Å². The molecule has 0 unspecified atom stereocenters. The molecule has 0 amide bonds. The Morgan fingerprint density at radius 1 is 1.05 bits per heavy atom. The molecular weight excluding hydrogens is 485 g/mol. The van der Waals surface area contributed by atoms with Crippen LogP contribution in [0.4, 0.5) is 15.8 Å². The second-order valence-electron chi connectivity index (χ2n) is 9.26. The van der Waals surface area contributed by atoms with E-state index in [9.17, 15) is 14.3 Å². The third-order valence-electron chi connectivity index (χ3n) is 6.20. The van der Waals surface area contributed by atoms with Crippen LogP contribution in [0.1, 0.15) is 45.0 Å². The second kappa shape index (κ2) is 11.6. The minimum atomic E-state index is -0.507. The van der Waals surface area contributed by atoms with Gasteiger partial charge in [-0.3, -0.25) is 4.79 Å². The summed E-state index contributed by atoms with van der Waals surface area (Å²) in [5.74, 6) is -0.521. The Bertz CT molecular complexity index is 1420. The molecule has 0 saturated carbocycles. The van der Waals surface area contributed by atoms with Crippen LogP contribution >= 0.6 is 11.8 Å². The molecule has 0 aliphatic heterocycles. The zero-order valence-electron chi connectivity index (χ0n) is 21.6. The highest BCUT2D eigenvalue weighted by Crippen LogP contribution is 2.43. The van der Waals surface area contributed by atoms with Crippen LogP contribution in [0.15, 0.2) is 81.3 Å². The van der Waals surface area contributed by atoms with E-state index in [1.54, 1.807) is 13.0 Å². The van der Waals surface area contributed by atoms with Crippen LogP contribution in [0.5, 0.6) is 5.75 Å². The van der Waals surface area contributed by atoms with Gasteiger partial charge >= 0.3 is 0 Å². The molecular formula is C30H32FN3O2S. The lowest BCUT2D eigenvalue weighted by molar-refractivity contribution is 0.457. The number of H-pyrrole nitrogens is 1. The maximum atomic E-state index is 13.4. The first-order valence-electron chi connectivity index (χ1n) is 12.5. The molecule has 0 fully saturated rings. The highest BCUT2D eigenvalue weighted by Gasteiger charge is 2.25. The standard InChI is InChI=1S/C30H32FN3O2S/c1-5-6-12-25-27(34(19(2)3)22-10-8-7-9-11-22)28(35)29(30(36)33-25)37-23-15-13-21(14-16-23)24-17-18-26(31)32-20(24)4/h7-11,13-19H,5-6,12H2,1-4H3,(H2,33,35,36). The molecule has 37 heavy (non-hydrogen) atoms. The smallest absolute Gasteiger partial charge is 0.266 e. The molecule has 0 bridgehead atoms. The van der Waals surface area contributed by atoms with Crippen molar-refractivity contribution >= 4 is 23.1 Å². The van der Waals surface area contributed by atoms with Crippen LogP contribution in [0.25, 0.3) is 11.1 Å². The summed E-state index contributed by atoms with van der Waals surface area (Å²) < 4.78 is 13.4. The number of aromatic hydroxyl groups is 1. The Morgan fingerprint density at radius 3 is 2.38 bits per heavy atom. The molecule has 0 aliphatic carbocycles. The fourth-order valence-corrected chi connectivity index (χ4v) is 5.27. The molecule has 2 heterocycles. The fourth-order valence-electron chi connectivity index (χ4n) is 4.43. The van der Waals surface area contributed by atoms with Crippen LogP contribution < -0.4 is 10.5 Å². The average Bonchev–Trinajstić information content (AvgIpc) is 2.88. The number of nitrogens with zero attached hydrogens (tertiary/aromatic N) is 2. The van der Waals surface area contributed by atoms with Crippen molar-refractivity contribution in [3.05, 3.63) is 94.4 Å². The second-order valence-corrected chi connectivity index (χ2v) is 10.3. The first-order chi connectivity index (χ1) is 17.8. The van der Waals surface area contributed by atoms with Gasteiger partial charge < -0.3 is 15.0 Å². The highest BCUT2D eigenvalue weighted by atomic mass is 32.2. The number of halogens is 1. The summed E-state index contributed by atoms with van der Waals surface area (Å²) in [6.45, 7) is 8.01. The number of aryl methyl sites for hydroxylation is 2. The summed E-state index contributed by atoms with van der Waals surface area (Å²) in [7, 11) is 0. The van der Waals surface area contributed by atoms with Crippen molar-refractivity contribution in [3.63, 3.8) is 0 Å². The number of aromatic nitrogens is 2. The molecule has 4 aromatic rings. The van der Waals surface area contributed by atoms with Gasteiger partial charge in [0.05, 0.1) is 0 Å². The van der Waals surface area contributed by atoms with Crippen LogP contribution in [0.2, 0.25) is 0 Å². The number of aromatic amines is 1. The number of benzene rings is 2. The maximum Gasteiger partial charge on any atom is 0.266 e. The topological polar surface area (TPSA) is 69.2 Å². The molecule has 0 aliphatic rings. The van der Waals surface area contributed by atoms with Gasteiger partial charge in [-0.25, -0.2) is 4.98 Å². The highest BCUT2D eigenvalue weighted by molar-refractivity contribution is 7.99. The predicted octanol–water partition coefficient (Wildman–Crippen LogP) is 7.63. The summed E-state index contributed by atoms with van der Waals surface area (Å²) >= 11 is 1.23. The van der Waals surface area contributed by atoms with E-state index >= 15 is 0 Å². The van der Waals surface area contributed by atoms with Gasteiger partial charge in [-0.1, -0.05) is 55.4 Å². The molecule has 0 saturated heterocycles. The Balaban J connectivity index is 1.75. The fraction of sp³-hybridized carbons (Fsp3) is 0.267. The Kier molecular flexibility index (Phi) is 8.34. The monoisotopic (exact) mass is 517 g/mol. The number of pyridine rings is 2. The van der Waals surface area contributed by atoms with Gasteiger partial charge in [0.25, 0.3) is 5.56 Å². The number of rotatable bonds is 9. The molecule has 0 spiro atoms. The first-order valence-corrected chi connectivity index (χ1v) is 13.4. The average molecular weight is 518 g/mol. The van der Waals surface area contributed by atoms with E-state index in [1.807, 2.05) is 54.6 Å².